The molecule has 0 radical (unpaired) electrons. The maximum atomic E-state index is 14.8. The Labute approximate surface area is 197 Å². The Balaban J connectivity index is 2.50. The Hall–Kier alpha value is -2.54. The van der Waals surface area contributed by atoms with Crippen molar-refractivity contribution < 1.29 is 71.0 Å². The van der Waals surface area contributed by atoms with Gasteiger partial charge in [0.2, 0.25) is 0 Å². The second-order valence-corrected chi connectivity index (χ2v) is 8.50. The molecule has 2 nitrogen and oxygen atoms in total. The second kappa shape index (κ2) is 8.75. The number of benzene rings is 1. The fourth-order valence-electron chi connectivity index (χ4n) is 3.95. The first-order chi connectivity index (χ1) is 16.4. The normalized spacial score (nSPS) is 23.0. The van der Waals surface area contributed by atoms with Crippen LogP contribution in [0.3, 0.4) is 0 Å². The van der Waals surface area contributed by atoms with E-state index in [4.69, 9.17) is 5.26 Å². The molecule has 0 amide bonds. The summed E-state index contributed by atoms with van der Waals surface area (Å²) < 4.78 is 203. The van der Waals surface area contributed by atoms with Crippen molar-refractivity contribution in [2.24, 2.45) is 5.41 Å². The lowest BCUT2D eigenvalue weighted by Gasteiger charge is -2.47. The van der Waals surface area contributed by atoms with Crippen LogP contribution in [0.4, 0.5) is 65.9 Å². The highest BCUT2D eigenvalue weighted by molar-refractivity contribution is 5.30. The molecule has 1 saturated carbocycles. The summed E-state index contributed by atoms with van der Waals surface area (Å²) in [6.07, 6.45) is -11.8. The molecule has 210 valence electrons. The van der Waals surface area contributed by atoms with Crippen molar-refractivity contribution in [3.8, 4) is 11.8 Å². The van der Waals surface area contributed by atoms with Crippen LogP contribution < -0.4 is 0 Å². The van der Waals surface area contributed by atoms with Gasteiger partial charge < -0.3 is 5.11 Å². The molecule has 37 heavy (non-hydrogen) atoms. The van der Waals surface area contributed by atoms with Crippen molar-refractivity contribution in [2.75, 3.05) is 0 Å². The van der Waals surface area contributed by atoms with Crippen molar-refractivity contribution >= 4 is 0 Å². The Kier molecular flexibility index (Phi) is 7.26. The zero-order valence-corrected chi connectivity index (χ0v) is 17.8. The highest BCUT2D eigenvalue weighted by Crippen LogP contribution is 2.66. The van der Waals surface area contributed by atoms with E-state index in [0.717, 1.165) is 12.1 Å². The number of phenolic OH excluding ortho intramolecular Hbond substituents is 1. The van der Waals surface area contributed by atoms with Crippen molar-refractivity contribution in [1.29, 1.82) is 5.26 Å². The molecule has 1 aromatic carbocycles. The van der Waals surface area contributed by atoms with E-state index >= 15 is 0 Å². The molecule has 0 spiro atoms. The minimum atomic E-state index is -8.38. The summed E-state index contributed by atoms with van der Waals surface area (Å²) in [4.78, 5) is 0. The summed E-state index contributed by atoms with van der Waals surface area (Å²) in [7, 11) is 0. The van der Waals surface area contributed by atoms with E-state index in [1.165, 1.54) is 12.1 Å². The number of rotatable bonds is 7. The van der Waals surface area contributed by atoms with Gasteiger partial charge in [-0.1, -0.05) is 12.1 Å². The predicted molar refractivity (Wildman–Crippen MR) is 93.1 cm³/mol. The summed E-state index contributed by atoms with van der Waals surface area (Å²) in [5.41, 5.74) is -3.63. The molecule has 0 bridgehead atoms. The lowest BCUT2D eigenvalue weighted by atomic mass is 9.64. The van der Waals surface area contributed by atoms with Crippen LogP contribution in [0.15, 0.2) is 24.3 Å². The van der Waals surface area contributed by atoms with Crippen LogP contribution in [0.2, 0.25) is 0 Å². The van der Waals surface area contributed by atoms with Crippen molar-refractivity contribution in [2.45, 2.75) is 73.3 Å². The zero-order chi connectivity index (χ0) is 29.1. The number of alkyl halides is 15. The van der Waals surface area contributed by atoms with Crippen LogP contribution in [-0.4, -0.2) is 46.8 Å². The smallest absolute Gasteiger partial charge is 0.460 e. The predicted octanol–water partition coefficient (Wildman–Crippen LogP) is 7.93. The van der Waals surface area contributed by atoms with Crippen LogP contribution in [0.25, 0.3) is 0 Å². The number of aromatic hydroxyl groups is 1. The van der Waals surface area contributed by atoms with E-state index in [-0.39, 0.29) is 5.75 Å². The Bertz CT molecular complexity index is 1020. The molecule has 0 atom stereocenters. The number of hydrogen-bond donors (Lipinski definition) is 1. The van der Waals surface area contributed by atoms with Gasteiger partial charge in [-0.3, -0.25) is 0 Å². The van der Waals surface area contributed by atoms with Gasteiger partial charge in [-0.2, -0.15) is 71.1 Å². The quantitative estimate of drug-likeness (QED) is 0.339. The molecule has 0 saturated heterocycles. The number of halogens is 15. The van der Waals surface area contributed by atoms with Gasteiger partial charge in [-0.15, -0.1) is 0 Å². The average molecular weight is 569 g/mol. The summed E-state index contributed by atoms with van der Waals surface area (Å²) in [5, 5.41) is 18.4. The van der Waals surface area contributed by atoms with Crippen LogP contribution in [0, 0.1) is 16.7 Å². The summed E-state index contributed by atoms with van der Waals surface area (Å²) in [6, 6.07) is 5.36. The molecule has 1 aromatic rings. The summed E-state index contributed by atoms with van der Waals surface area (Å²) in [5.74, 6) is -48.3. The van der Waals surface area contributed by atoms with Crippen LogP contribution in [0.5, 0.6) is 5.75 Å². The molecule has 1 aliphatic rings. The first kappa shape index (κ1) is 30.7. The SMILES string of the molecule is N#CC1(C(F)(F)C(F)(F)C(F)(F)C(F)(F)C(F)(F)C(F)(F)C(F)(F)F)CCC(c2ccc(O)cc2)CC1. The Morgan fingerprint density at radius 2 is 1.03 bits per heavy atom. The van der Waals surface area contributed by atoms with Crippen LogP contribution in [0.1, 0.15) is 37.2 Å². The molecule has 1 N–H and O–H groups in total. The van der Waals surface area contributed by atoms with E-state index in [0.29, 0.717) is 11.6 Å². The van der Waals surface area contributed by atoms with Gasteiger partial charge in [0.1, 0.15) is 11.2 Å². The number of nitriles is 1. The third kappa shape index (κ3) is 4.14. The van der Waals surface area contributed by atoms with E-state index in [1.807, 2.05) is 0 Å². The van der Waals surface area contributed by atoms with E-state index < -0.39 is 78.7 Å². The van der Waals surface area contributed by atoms with E-state index in [9.17, 15) is 71.0 Å². The maximum absolute atomic E-state index is 14.8. The van der Waals surface area contributed by atoms with Gasteiger partial charge in [0.25, 0.3) is 0 Å². The zero-order valence-electron chi connectivity index (χ0n) is 17.8. The van der Waals surface area contributed by atoms with Gasteiger partial charge in [0.15, 0.2) is 0 Å². The standard InChI is InChI=1S/C20H14F15NO/c21-14(22,13(9-36)7-5-11(6-8-13)10-1-3-12(37)4-2-10)15(23,24)16(25,26)17(27,28)18(29,30)19(31,32)20(33,34)35/h1-4,11,37H,5-8H2. The highest BCUT2D eigenvalue weighted by atomic mass is 19.4. The van der Waals surface area contributed by atoms with Crippen LogP contribution in [-0.2, 0) is 0 Å². The topological polar surface area (TPSA) is 44.0 Å². The minimum absolute atomic E-state index is 0.242. The molecule has 1 fully saturated rings. The maximum Gasteiger partial charge on any atom is 0.460 e. The summed E-state index contributed by atoms with van der Waals surface area (Å²) in [6.45, 7) is 0. The average Bonchev–Trinajstić information content (AvgIpc) is 2.78. The Morgan fingerprint density at radius 3 is 1.41 bits per heavy atom. The lowest BCUT2D eigenvalue weighted by Crippen LogP contribution is -2.74. The van der Waals surface area contributed by atoms with E-state index in [1.54, 1.807) is 0 Å². The molecule has 1 aliphatic carbocycles. The fourth-order valence-corrected chi connectivity index (χ4v) is 3.95. The minimum Gasteiger partial charge on any atom is -0.508 e. The largest absolute Gasteiger partial charge is 0.508 e. The van der Waals surface area contributed by atoms with Gasteiger partial charge in [-0.25, -0.2) is 0 Å². The highest BCUT2D eigenvalue weighted by Gasteiger charge is 2.94. The van der Waals surface area contributed by atoms with Crippen LogP contribution >= 0.6 is 0 Å². The van der Waals surface area contributed by atoms with Gasteiger partial charge >= 0.3 is 41.7 Å². The van der Waals surface area contributed by atoms with Crippen molar-refractivity contribution in [3.63, 3.8) is 0 Å². The third-order valence-corrected chi connectivity index (χ3v) is 6.35. The van der Waals surface area contributed by atoms with Gasteiger partial charge in [0.05, 0.1) is 6.07 Å². The number of hydrogen-bond acceptors (Lipinski definition) is 2. The first-order valence-electron chi connectivity index (χ1n) is 9.92. The van der Waals surface area contributed by atoms with Crippen molar-refractivity contribution in [3.05, 3.63) is 29.8 Å². The van der Waals surface area contributed by atoms with Gasteiger partial charge in [0, 0.05) is 0 Å². The molecule has 2 rings (SSSR count). The first-order valence-corrected chi connectivity index (χ1v) is 9.92. The Morgan fingerprint density at radius 1 is 0.649 bits per heavy atom. The molecule has 0 aromatic heterocycles. The molecular formula is C20H14F15NO. The monoisotopic (exact) mass is 569 g/mol. The molecule has 0 unspecified atom stereocenters. The molecule has 0 aliphatic heterocycles. The summed E-state index contributed by atoms with van der Waals surface area (Å²) >= 11 is 0. The molecular weight excluding hydrogens is 555 g/mol. The van der Waals surface area contributed by atoms with Gasteiger partial charge in [-0.05, 0) is 49.3 Å². The molecule has 0 heterocycles. The van der Waals surface area contributed by atoms with E-state index in [2.05, 4.69) is 0 Å². The number of nitrogens with zero attached hydrogens (tertiary/aromatic N) is 1. The molecule has 17 heteroatoms. The fraction of sp³-hybridized carbons (Fsp3) is 0.650. The lowest BCUT2D eigenvalue weighted by molar-refractivity contribution is -0.457. The van der Waals surface area contributed by atoms with Crippen molar-refractivity contribution in [1.82, 2.24) is 0 Å². The second-order valence-electron chi connectivity index (χ2n) is 8.50. The number of phenols is 1. The third-order valence-electron chi connectivity index (χ3n) is 6.35.